The van der Waals surface area contributed by atoms with Crippen LogP contribution >= 0.6 is 24.0 Å². The van der Waals surface area contributed by atoms with Crippen LogP contribution in [0.5, 0.6) is 0 Å². The van der Waals surface area contributed by atoms with Gasteiger partial charge in [0.2, 0.25) is 0 Å². The largest absolute Gasteiger partial charge is 0.396 e. The van der Waals surface area contributed by atoms with E-state index in [1.807, 2.05) is 0 Å². The summed E-state index contributed by atoms with van der Waals surface area (Å²) in [5, 5.41) is 16.2. The zero-order valence-corrected chi connectivity index (χ0v) is 21.6. The Bertz CT molecular complexity index is 662. The van der Waals surface area contributed by atoms with Crippen LogP contribution in [-0.2, 0) is 17.8 Å². The number of aliphatic hydroxyl groups excluding tert-OH is 1. The van der Waals surface area contributed by atoms with Crippen LogP contribution in [-0.4, -0.2) is 62.0 Å². The Morgan fingerprint density at radius 3 is 2.68 bits per heavy atom. The molecule has 6 nitrogen and oxygen atoms in total. The van der Waals surface area contributed by atoms with E-state index in [4.69, 9.17) is 9.73 Å². The van der Waals surface area contributed by atoms with Gasteiger partial charge in [0.1, 0.15) is 0 Å². The van der Waals surface area contributed by atoms with E-state index in [9.17, 15) is 5.11 Å². The first-order valence-corrected chi connectivity index (χ1v) is 11.6. The molecular formula is C24H41IN4O2. The van der Waals surface area contributed by atoms with Gasteiger partial charge in [-0.3, -0.25) is 4.90 Å². The molecule has 176 valence electrons. The lowest BCUT2D eigenvalue weighted by Gasteiger charge is -2.30. The van der Waals surface area contributed by atoms with Crippen molar-refractivity contribution in [1.82, 2.24) is 15.5 Å². The molecule has 2 aliphatic rings. The molecule has 1 aromatic carbocycles. The fourth-order valence-electron chi connectivity index (χ4n) is 4.53. The smallest absolute Gasteiger partial charge is 0.191 e. The number of halogens is 1. The number of piperidine rings is 1. The number of benzene rings is 1. The van der Waals surface area contributed by atoms with Gasteiger partial charge < -0.3 is 20.5 Å². The third kappa shape index (κ3) is 8.51. The highest BCUT2D eigenvalue weighted by atomic mass is 127. The van der Waals surface area contributed by atoms with Crippen molar-refractivity contribution in [2.75, 3.05) is 46.0 Å². The first kappa shape index (κ1) is 26.4. The minimum atomic E-state index is 0. The molecule has 0 aromatic heterocycles. The number of hydrogen-bond acceptors (Lipinski definition) is 4. The number of likely N-dealkylation sites (tertiary alicyclic amines) is 1. The van der Waals surface area contributed by atoms with Crippen LogP contribution in [0.25, 0.3) is 0 Å². The SMILES string of the molecule is CCNC(=NCc1ccc(CN2CCCC(C)C2)cc1)NCC1(CCO)CCOC1.I. The van der Waals surface area contributed by atoms with E-state index < -0.39 is 0 Å². The fraction of sp³-hybridized carbons (Fsp3) is 0.708. The molecule has 2 heterocycles. The normalized spacial score (nSPS) is 24.6. The van der Waals surface area contributed by atoms with Crippen molar-refractivity contribution in [3.05, 3.63) is 35.4 Å². The maximum absolute atomic E-state index is 9.42. The Morgan fingerprint density at radius 2 is 2.03 bits per heavy atom. The van der Waals surface area contributed by atoms with Crippen molar-refractivity contribution in [3.8, 4) is 0 Å². The number of rotatable bonds is 9. The van der Waals surface area contributed by atoms with E-state index in [1.54, 1.807) is 0 Å². The standard InChI is InChI=1S/C24H40N4O2.HI/c1-3-25-23(27-18-24(10-13-29)11-14-30-19-24)26-15-21-6-8-22(9-7-21)17-28-12-4-5-20(2)16-28;/h6-9,20,29H,3-5,10-19H2,1-2H3,(H2,25,26,27);1H. The number of aliphatic imine (C=N–C) groups is 1. The third-order valence-corrected chi connectivity index (χ3v) is 6.39. The van der Waals surface area contributed by atoms with Crippen molar-refractivity contribution in [2.24, 2.45) is 16.3 Å². The summed E-state index contributed by atoms with van der Waals surface area (Å²) < 4.78 is 5.59. The van der Waals surface area contributed by atoms with Crippen molar-refractivity contribution in [3.63, 3.8) is 0 Å². The van der Waals surface area contributed by atoms with Gasteiger partial charge in [-0.2, -0.15) is 0 Å². The van der Waals surface area contributed by atoms with E-state index in [2.05, 4.69) is 53.6 Å². The lowest BCUT2D eigenvalue weighted by atomic mass is 9.84. The highest BCUT2D eigenvalue weighted by Crippen LogP contribution is 2.31. The molecule has 2 unspecified atom stereocenters. The lowest BCUT2D eigenvalue weighted by molar-refractivity contribution is 0.127. The number of ether oxygens (including phenoxy) is 1. The number of nitrogens with one attached hydrogen (secondary N) is 2. The quantitative estimate of drug-likeness (QED) is 0.253. The first-order chi connectivity index (χ1) is 14.6. The van der Waals surface area contributed by atoms with Gasteiger partial charge >= 0.3 is 0 Å². The third-order valence-electron chi connectivity index (χ3n) is 6.39. The lowest BCUT2D eigenvalue weighted by Crippen LogP contribution is -2.44. The van der Waals surface area contributed by atoms with Crippen molar-refractivity contribution in [2.45, 2.75) is 52.6 Å². The van der Waals surface area contributed by atoms with Crippen LogP contribution in [0.15, 0.2) is 29.3 Å². The zero-order chi connectivity index (χ0) is 21.2. The summed E-state index contributed by atoms with van der Waals surface area (Å²) in [5.41, 5.74) is 2.62. The summed E-state index contributed by atoms with van der Waals surface area (Å²) in [5.74, 6) is 1.64. The minimum Gasteiger partial charge on any atom is -0.396 e. The van der Waals surface area contributed by atoms with Crippen molar-refractivity contribution in [1.29, 1.82) is 0 Å². The van der Waals surface area contributed by atoms with Crippen LogP contribution in [0.4, 0.5) is 0 Å². The van der Waals surface area contributed by atoms with E-state index in [-0.39, 0.29) is 36.0 Å². The molecule has 1 aromatic rings. The summed E-state index contributed by atoms with van der Waals surface area (Å²) in [6.07, 6.45) is 4.43. The summed E-state index contributed by atoms with van der Waals surface area (Å²) >= 11 is 0. The zero-order valence-electron chi connectivity index (χ0n) is 19.2. The van der Waals surface area contributed by atoms with E-state index >= 15 is 0 Å². The molecule has 0 saturated carbocycles. The van der Waals surface area contributed by atoms with Gasteiger partial charge in [0.15, 0.2) is 5.96 Å². The van der Waals surface area contributed by atoms with Crippen LogP contribution in [0, 0.1) is 11.3 Å². The van der Waals surface area contributed by atoms with Crippen LogP contribution in [0.2, 0.25) is 0 Å². The van der Waals surface area contributed by atoms with E-state index in [0.717, 1.165) is 51.0 Å². The summed E-state index contributed by atoms with van der Waals surface area (Å²) in [6.45, 7) is 11.8. The molecule has 0 spiro atoms. The number of aliphatic hydroxyl groups is 1. The van der Waals surface area contributed by atoms with E-state index in [1.165, 1.54) is 37.1 Å². The molecule has 2 saturated heterocycles. The molecule has 0 radical (unpaired) electrons. The van der Waals surface area contributed by atoms with Gasteiger partial charge in [-0.1, -0.05) is 31.2 Å². The average Bonchev–Trinajstić information content (AvgIpc) is 3.20. The molecule has 3 rings (SSSR count). The predicted octanol–water partition coefficient (Wildman–Crippen LogP) is 3.38. The second-order valence-corrected chi connectivity index (χ2v) is 9.12. The fourth-order valence-corrected chi connectivity index (χ4v) is 4.53. The highest BCUT2D eigenvalue weighted by Gasteiger charge is 2.34. The van der Waals surface area contributed by atoms with Crippen molar-refractivity contribution < 1.29 is 9.84 Å². The maximum atomic E-state index is 9.42. The second kappa shape index (κ2) is 13.6. The van der Waals surface area contributed by atoms with Gasteiger partial charge in [0.05, 0.1) is 13.2 Å². The Hall–Kier alpha value is -0.900. The molecule has 2 atom stereocenters. The molecular weight excluding hydrogens is 503 g/mol. The Morgan fingerprint density at radius 1 is 1.26 bits per heavy atom. The topological polar surface area (TPSA) is 69.1 Å². The van der Waals surface area contributed by atoms with E-state index in [0.29, 0.717) is 13.2 Å². The van der Waals surface area contributed by atoms with Gasteiger partial charge in [0.25, 0.3) is 0 Å². The molecule has 3 N–H and O–H groups in total. The summed E-state index contributed by atoms with van der Waals surface area (Å²) in [7, 11) is 0. The Balaban J connectivity index is 0.00000341. The Labute approximate surface area is 205 Å². The maximum Gasteiger partial charge on any atom is 0.191 e. The van der Waals surface area contributed by atoms with Crippen LogP contribution < -0.4 is 10.6 Å². The molecule has 0 aliphatic carbocycles. The minimum absolute atomic E-state index is 0. The molecule has 0 amide bonds. The molecule has 0 bridgehead atoms. The summed E-state index contributed by atoms with van der Waals surface area (Å²) in [4.78, 5) is 7.34. The number of nitrogens with zero attached hydrogens (tertiary/aromatic N) is 2. The molecule has 2 aliphatic heterocycles. The average molecular weight is 545 g/mol. The Kier molecular flexibility index (Phi) is 11.6. The van der Waals surface area contributed by atoms with Gasteiger partial charge in [-0.25, -0.2) is 4.99 Å². The predicted molar refractivity (Wildman–Crippen MR) is 138 cm³/mol. The number of hydrogen-bond donors (Lipinski definition) is 3. The monoisotopic (exact) mass is 544 g/mol. The van der Waals surface area contributed by atoms with Gasteiger partial charge in [-0.05, 0) is 56.2 Å². The highest BCUT2D eigenvalue weighted by molar-refractivity contribution is 14.0. The number of guanidine groups is 1. The molecule has 7 heteroatoms. The van der Waals surface area contributed by atoms with Gasteiger partial charge in [-0.15, -0.1) is 24.0 Å². The molecule has 31 heavy (non-hydrogen) atoms. The summed E-state index contributed by atoms with van der Waals surface area (Å²) in [6, 6.07) is 8.90. The van der Waals surface area contributed by atoms with Gasteiger partial charge in [0, 0.05) is 44.8 Å². The van der Waals surface area contributed by atoms with Crippen LogP contribution in [0.3, 0.4) is 0 Å². The second-order valence-electron chi connectivity index (χ2n) is 9.12. The van der Waals surface area contributed by atoms with Crippen molar-refractivity contribution >= 4 is 29.9 Å². The first-order valence-electron chi connectivity index (χ1n) is 11.6. The molecule has 2 fully saturated rings. The van der Waals surface area contributed by atoms with Crippen LogP contribution in [0.1, 0.15) is 50.7 Å².